The molecule has 1 saturated heterocycles. The summed E-state index contributed by atoms with van der Waals surface area (Å²) < 4.78 is 7.86. The van der Waals surface area contributed by atoms with Gasteiger partial charge in [-0.1, -0.05) is 45.4 Å². The Morgan fingerprint density at radius 1 is 1.03 bits per heavy atom. The van der Waals surface area contributed by atoms with Crippen molar-refractivity contribution in [2.45, 2.75) is 90.0 Å². The van der Waals surface area contributed by atoms with Gasteiger partial charge in [0.25, 0.3) is 0 Å². The van der Waals surface area contributed by atoms with Gasteiger partial charge in [0.1, 0.15) is 0 Å². The second-order valence-electron chi connectivity index (χ2n) is 9.46. The Balaban J connectivity index is 1.22. The normalized spacial score (nSPS) is 18.7. The molecule has 2 aliphatic rings. The Bertz CT molecular complexity index is 829. The maximum Gasteiger partial charge on any atom is 0.226 e. The average molecular weight is 463 g/mol. The quantitative estimate of drug-likeness (QED) is 0.307. The summed E-state index contributed by atoms with van der Waals surface area (Å²) in [4.78, 5) is 13.6. The van der Waals surface area contributed by atoms with Crippen molar-refractivity contribution in [3.63, 3.8) is 0 Å². The van der Waals surface area contributed by atoms with Gasteiger partial charge in [0.05, 0.1) is 6.33 Å². The van der Waals surface area contributed by atoms with Crippen molar-refractivity contribution in [1.82, 2.24) is 24.5 Å². The molecule has 0 unspecified atom stereocenters. The van der Waals surface area contributed by atoms with Crippen molar-refractivity contribution in [2.75, 3.05) is 31.7 Å². The molecule has 0 spiro atoms. The Kier molecular flexibility index (Phi) is 9.00. The van der Waals surface area contributed by atoms with Gasteiger partial charge in [0.15, 0.2) is 17.0 Å². The standard InChI is InChI=1S/C24H39ClN6O/c1-2-3-16-32-17-8-4-5-9-19-12-14-30(15-13-19)29-22-21-23(28-24(25)27-22)31(18-26-21)20-10-6-7-11-20/h18-20H,2-17H2,1H3,(H,27,28,29). The smallest absolute Gasteiger partial charge is 0.226 e. The first-order valence-electron chi connectivity index (χ1n) is 12.7. The van der Waals surface area contributed by atoms with Gasteiger partial charge in [0, 0.05) is 32.3 Å². The number of nitrogens with one attached hydrogen (secondary N) is 1. The summed E-state index contributed by atoms with van der Waals surface area (Å²) in [6.45, 7) is 6.11. The molecule has 0 aromatic carbocycles. The van der Waals surface area contributed by atoms with Gasteiger partial charge in [-0.3, -0.25) is 0 Å². The molecule has 0 atom stereocenters. The molecule has 2 fully saturated rings. The largest absolute Gasteiger partial charge is 0.381 e. The number of hydrazine groups is 1. The van der Waals surface area contributed by atoms with Crippen LogP contribution in [0.1, 0.15) is 90.0 Å². The molecule has 7 nitrogen and oxygen atoms in total. The highest BCUT2D eigenvalue weighted by molar-refractivity contribution is 6.28. The highest BCUT2D eigenvalue weighted by Crippen LogP contribution is 2.33. The molecule has 8 heteroatoms. The molecule has 0 bridgehead atoms. The van der Waals surface area contributed by atoms with Gasteiger partial charge < -0.3 is 14.7 Å². The predicted octanol–water partition coefficient (Wildman–Crippen LogP) is 6.01. The molecule has 2 aromatic heterocycles. The summed E-state index contributed by atoms with van der Waals surface area (Å²) in [7, 11) is 0. The average Bonchev–Trinajstić information content (AvgIpc) is 3.46. The number of nitrogens with zero attached hydrogens (tertiary/aromatic N) is 5. The predicted molar refractivity (Wildman–Crippen MR) is 130 cm³/mol. The first-order chi connectivity index (χ1) is 15.7. The SMILES string of the molecule is CCCCOCCCCCC1CCN(Nc2nc(Cl)nc3c2ncn3C2CCCC2)CC1. The summed E-state index contributed by atoms with van der Waals surface area (Å²) in [5, 5.41) is 2.55. The van der Waals surface area contributed by atoms with E-state index in [1.54, 1.807) is 0 Å². The fourth-order valence-corrected chi connectivity index (χ4v) is 5.23. The Labute approximate surface area is 197 Å². The molecule has 32 heavy (non-hydrogen) atoms. The van der Waals surface area contributed by atoms with Crippen LogP contribution in [-0.2, 0) is 4.74 Å². The zero-order chi connectivity index (χ0) is 22.2. The lowest BCUT2D eigenvalue weighted by Crippen LogP contribution is -2.38. The minimum Gasteiger partial charge on any atom is -0.381 e. The number of hydrogen-bond acceptors (Lipinski definition) is 6. The maximum atomic E-state index is 6.29. The van der Waals surface area contributed by atoms with Gasteiger partial charge in [-0.25, -0.2) is 9.99 Å². The molecule has 1 aliphatic carbocycles. The highest BCUT2D eigenvalue weighted by atomic mass is 35.5. The first kappa shape index (κ1) is 23.7. The molecule has 2 aromatic rings. The van der Waals surface area contributed by atoms with Gasteiger partial charge in [0.2, 0.25) is 5.28 Å². The zero-order valence-corrected chi connectivity index (χ0v) is 20.3. The fourth-order valence-electron chi connectivity index (χ4n) is 5.06. The number of imidazole rings is 1. The van der Waals surface area contributed by atoms with Crippen LogP contribution in [0.25, 0.3) is 11.2 Å². The number of piperidine rings is 1. The van der Waals surface area contributed by atoms with Crippen LogP contribution in [0.4, 0.5) is 5.82 Å². The minimum atomic E-state index is 0.285. The van der Waals surface area contributed by atoms with E-state index in [1.807, 2.05) is 6.33 Å². The Morgan fingerprint density at radius 2 is 1.81 bits per heavy atom. The van der Waals surface area contributed by atoms with Gasteiger partial charge >= 0.3 is 0 Å². The van der Waals surface area contributed by atoms with Crippen LogP contribution < -0.4 is 5.43 Å². The topological polar surface area (TPSA) is 68.1 Å². The lowest BCUT2D eigenvalue weighted by Gasteiger charge is -2.32. The number of rotatable bonds is 12. The second-order valence-corrected chi connectivity index (χ2v) is 9.80. The summed E-state index contributed by atoms with van der Waals surface area (Å²) >= 11 is 6.29. The van der Waals surface area contributed by atoms with Crippen molar-refractivity contribution >= 4 is 28.6 Å². The lowest BCUT2D eigenvalue weighted by molar-refractivity contribution is 0.126. The van der Waals surface area contributed by atoms with Crippen LogP contribution in [0.15, 0.2) is 6.33 Å². The molecule has 0 radical (unpaired) electrons. The number of unbranched alkanes of at least 4 members (excludes halogenated alkanes) is 3. The Morgan fingerprint density at radius 3 is 2.59 bits per heavy atom. The van der Waals surface area contributed by atoms with E-state index in [9.17, 15) is 0 Å². The van der Waals surface area contributed by atoms with Crippen molar-refractivity contribution in [2.24, 2.45) is 5.92 Å². The number of aromatic nitrogens is 4. The number of hydrogen-bond donors (Lipinski definition) is 1. The Hall–Kier alpha value is -1.44. The summed E-state index contributed by atoms with van der Waals surface area (Å²) in [5.74, 6) is 1.56. The lowest BCUT2D eigenvalue weighted by atomic mass is 9.92. The van der Waals surface area contributed by atoms with Gasteiger partial charge in [-0.2, -0.15) is 9.97 Å². The van der Waals surface area contributed by atoms with E-state index < -0.39 is 0 Å². The molecule has 178 valence electrons. The highest BCUT2D eigenvalue weighted by Gasteiger charge is 2.24. The van der Waals surface area contributed by atoms with Crippen molar-refractivity contribution < 1.29 is 4.74 Å². The van der Waals surface area contributed by atoms with Crippen LogP contribution in [0.5, 0.6) is 0 Å². The number of halogens is 1. The molecular formula is C24H39ClN6O. The number of anilines is 1. The molecule has 1 N–H and O–H groups in total. The van der Waals surface area contributed by atoms with E-state index in [0.717, 1.165) is 49.2 Å². The third kappa shape index (κ3) is 6.33. The minimum absolute atomic E-state index is 0.285. The molecule has 0 amide bonds. The maximum absolute atomic E-state index is 6.29. The van der Waals surface area contributed by atoms with E-state index >= 15 is 0 Å². The molecule has 1 saturated carbocycles. The van der Waals surface area contributed by atoms with Crippen LogP contribution in [0.2, 0.25) is 5.28 Å². The summed E-state index contributed by atoms with van der Waals surface area (Å²) in [6.07, 6.45) is 16.8. The second kappa shape index (κ2) is 12.1. The van der Waals surface area contributed by atoms with Crippen molar-refractivity contribution in [3.8, 4) is 0 Å². The number of ether oxygens (including phenoxy) is 1. The van der Waals surface area contributed by atoms with Gasteiger partial charge in [-0.15, -0.1) is 0 Å². The van der Waals surface area contributed by atoms with Crippen LogP contribution in [-0.4, -0.2) is 50.8 Å². The van der Waals surface area contributed by atoms with E-state index in [0.29, 0.717) is 6.04 Å². The third-order valence-electron chi connectivity index (χ3n) is 7.03. The first-order valence-corrected chi connectivity index (χ1v) is 13.1. The van der Waals surface area contributed by atoms with E-state index in [-0.39, 0.29) is 5.28 Å². The fraction of sp³-hybridized carbons (Fsp3) is 0.792. The van der Waals surface area contributed by atoms with E-state index in [1.165, 1.54) is 77.0 Å². The summed E-state index contributed by atoms with van der Waals surface area (Å²) in [5.41, 5.74) is 5.17. The van der Waals surface area contributed by atoms with Crippen molar-refractivity contribution in [3.05, 3.63) is 11.6 Å². The molecular weight excluding hydrogens is 424 g/mol. The molecule has 3 heterocycles. The number of fused-ring (bicyclic) bond motifs is 1. The van der Waals surface area contributed by atoms with Crippen molar-refractivity contribution in [1.29, 1.82) is 0 Å². The van der Waals surface area contributed by atoms with E-state index in [4.69, 9.17) is 16.3 Å². The van der Waals surface area contributed by atoms with Gasteiger partial charge in [-0.05, 0) is 56.0 Å². The van der Waals surface area contributed by atoms with Crippen LogP contribution >= 0.6 is 11.6 Å². The summed E-state index contributed by atoms with van der Waals surface area (Å²) in [6, 6.07) is 0.484. The van der Waals surface area contributed by atoms with Crippen LogP contribution in [0.3, 0.4) is 0 Å². The molecule has 1 aliphatic heterocycles. The monoisotopic (exact) mass is 462 g/mol. The van der Waals surface area contributed by atoms with Crippen LogP contribution in [0, 0.1) is 5.92 Å². The van der Waals surface area contributed by atoms with E-state index in [2.05, 4.69) is 36.9 Å². The third-order valence-corrected chi connectivity index (χ3v) is 7.20. The molecule has 4 rings (SSSR count). The zero-order valence-electron chi connectivity index (χ0n) is 19.6.